The van der Waals surface area contributed by atoms with Gasteiger partial charge in [0, 0.05) is 62.9 Å². The molecule has 0 bridgehead atoms. The Morgan fingerprint density at radius 1 is 0.804 bits per heavy atom. The molecule has 0 aliphatic heterocycles. The van der Waals surface area contributed by atoms with Crippen molar-refractivity contribution in [1.29, 1.82) is 0 Å². The third-order valence-corrected chi connectivity index (χ3v) is 10.9. The van der Waals surface area contributed by atoms with E-state index in [2.05, 4.69) is 30.6 Å². The largest absolute Gasteiger partial charge is 0.394 e. The van der Waals surface area contributed by atoms with Gasteiger partial charge < -0.3 is 30.8 Å². The number of hydrogen-bond donors (Lipinski definition) is 8. The molecule has 0 saturated heterocycles. The molecule has 2 aromatic rings. The number of aryl methyl sites for hydroxylation is 2. The van der Waals surface area contributed by atoms with Crippen LogP contribution in [0.15, 0.2) is 31.3 Å². The maximum atomic E-state index is 11.8. The summed E-state index contributed by atoms with van der Waals surface area (Å²) in [5.41, 5.74) is -1.40. The van der Waals surface area contributed by atoms with Crippen LogP contribution in [-0.2, 0) is 31.2 Å². The fraction of sp³-hybridized carbons (Fsp3) is 0.462. The summed E-state index contributed by atoms with van der Waals surface area (Å²) in [6.45, 7) is 2.50. The summed E-state index contributed by atoms with van der Waals surface area (Å²) in [5.74, 6) is -0.439. The first-order valence-corrected chi connectivity index (χ1v) is 19.0. The van der Waals surface area contributed by atoms with Gasteiger partial charge in [-0.2, -0.15) is 11.8 Å². The van der Waals surface area contributed by atoms with Gasteiger partial charge in [0.1, 0.15) is 0 Å². The number of hydrogen-bond acceptors (Lipinski definition) is 12. The number of thioether (sulfide) groups is 2. The molecule has 2 unspecified atom stereocenters. The third-order valence-electron chi connectivity index (χ3n) is 5.49. The number of aromatic amines is 4. The van der Waals surface area contributed by atoms with Gasteiger partial charge in [0.15, 0.2) is 0 Å². The van der Waals surface area contributed by atoms with Gasteiger partial charge in [-0.1, -0.05) is 0 Å². The van der Waals surface area contributed by atoms with E-state index in [1.54, 1.807) is 13.2 Å². The predicted molar refractivity (Wildman–Crippen MR) is 184 cm³/mol. The molecule has 0 fully saturated rings. The molecule has 2 rings (SSSR count). The van der Waals surface area contributed by atoms with Gasteiger partial charge in [0.2, 0.25) is 11.8 Å². The van der Waals surface area contributed by atoms with Crippen molar-refractivity contribution in [3.63, 3.8) is 0 Å². The number of aliphatic hydroxyl groups excluding tert-OH is 2. The number of aromatic nitrogens is 4. The van der Waals surface area contributed by atoms with Crippen molar-refractivity contribution in [2.45, 2.75) is 25.9 Å². The topological polar surface area (TPSA) is 264 Å². The maximum Gasteiger partial charge on any atom is 0.325 e. The third kappa shape index (κ3) is 15.8. The summed E-state index contributed by atoms with van der Waals surface area (Å²) in [6.07, 6.45) is 8.23. The number of rotatable bonds is 16. The van der Waals surface area contributed by atoms with Gasteiger partial charge in [0.25, 0.3) is 11.1 Å². The first-order chi connectivity index (χ1) is 21.7. The van der Waals surface area contributed by atoms with E-state index in [1.165, 1.54) is 42.6 Å². The zero-order valence-electron chi connectivity index (χ0n) is 25.5. The number of nitrogens with one attached hydrogen (secondary N) is 6. The van der Waals surface area contributed by atoms with Crippen LogP contribution in [0.2, 0.25) is 0 Å². The molecule has 256 valence electrons. The maximum absolute atomic E-state index is 11.8. The molecule has 2 heterocycles. The highest BCUT2D eigenvalue weighted by molar-refractivity contribution is 8.10. The molecule has 0 aliphatic rings. The molecule has 2 aromatic heterocycles. The van der Waals surface area contributed by atoms with E-state index in [-0.39, 0.29) is 30.1 Å². The Balaban J connectivity index is 0.000000460. The molecule has 0 aliphatic carbocycles. The normalized spacial score (nSPS) is 13.9. The minimum atomic E-state index is -1.15. The average Bonchev–Trinajstić information content (AvgIpc) is 2.95. The predicted octanol–water partition coefficient (Wildman–Crippen LogP) is -2.14. The first-order valence-electron chi connectivity index (χ1n) is 13.3. The van der Waals surface area contributed by atoms with Gasteiger partial charge in [-0.05, 0) is 32.3 Å². The van der Waals surface area contributed by atoms with Crippen LogP contribution >= 0.6 is 23.5 Å². The van der Waals surface area contributed by atoms with E-state index in [4.69, 9.17) is 0 Å². The minimum Gasteiger partial charge on any atom is -0.394 e. The Hall–Kier alpha value is -3.30. The Labute approximate surface area is 276 Å². The zero-order valence-corrected chi connectivity index (χ0v) is 28.8. The standard InChI is InChI=1S/2C13H19N3O5S2/c1-8-10(12(19)16-13(20)14-8)3-4-11(18)15-9(5-17)6-22-7-23(2)21;1-8-10(12(19)16-13(20)14-8)3-4-11(18)15-9(5-17)6-23(21)7-22-2/h2*3-4,9,17H,5-7H2,1-2H3,(H,15,18)(H2,14,16,19,20)/b2*4-3+/t2*9-,23?/m10/s1. The number of aliphatic hydroxyl groups is 2. The molecule has 4 atom stereocenters. The number of amides is 2. The summed E-state index contributed by atoms with van der Waals surface area (Å²) in [4.78, 5) is 78.0. The Kier molecular flexibility index (Phi) is 19.0. The molecule has 16 nitrogen and oxygen atoms in total. The summed E-state index contributed by atoms with van der Waals surface area (Å²) >= 11 is 2.78. The minimum absolute atomic E-state index is 0.148. The van der Waals surface area contributed by atoms with Crippen LogP contribution in [0.25, 0.3) is 12.2 Å². The van der Waals surface area contributed by atoms with Gasteiger partial charge in [-0.15, -0.1) is 11.8 Å². The van der Waals surface area contributed by atoms with Crippen LogP contribution in [0.1, 0.15) is 22.5 Å². The van der Waals surface area contributed by atoms with Crippen LogP contribution in [-0.4, -0.2) is 110 Å². The summed E-state index contributed by atoms with van der Waals surface area (Å²) in [5, 5.41) is 24.4. The SMILES string of the molecule is CSCS(=O)C[C@H](CO)NC(=O)/C=C/c1c(C)[nH]c(=O)[nH]c1=O.Cc1[nH]c(=O)[nH]c(=O)c1/C=C/C(=O)N[C@H](CO)CSCS(C)=O. The summed E-state index contributed by atoms with van der Waals surface area (Å²) < 4.78 is 22.6. The van der Waals surface area contributed by atoms with Crippen LogP contribution in [0.5, 0.6) is 0 Å². The van der Waals surface area contributed by atoms with Crippen LogP contribution in [0, 0.1) is 13.8 Å². The summed E-state index contributed by atoms with van der Waals surface area (Å²) in [7, 11) is -2.09. The lowest BCUT2D eigenvalue weighted by atomic mass is 10.2. The Morgan fingerprint density at radius 3 is 1.65 bits per heavy atom. The van der Waals surface area contributed by atoms with Crippen LogP contribution in [0.4, 0.5) is 0 Å². The van der Waals surface area contributed by atoms with E-state index in [0.29, 0.717) is 27.3 Å². The van der Waals surface area contributed by atoms with Gasteiger partial charge >= 0.3 is 11.4 Å². The molecule has 0 aromatic carbocycles. The average molecular weight is 723 g/mol. The second-order valence-corrected chi connectivity index (χ2v) is 15.0. The highest BCUT2D eigenvalue weighted by Gasteiger charge is 2.14. The van der Waals surface area contributed by atoms with Crippen molar-refractivity contribution in [3.05, 3.63) is 76.3 Å². The second-order valence-electron chi connectivity index (χ2n) is 9.41. The fourth-order valence-corrected chi connectivity index (χ4v) is 7.30. The van der Waals surface area contributed by atoms with Crippen molar-refractivity contribution in [1.82, 2.24) is 30.6 Å². The monoisotopic (exact) mass is 722 g/mol. The number of carbonyl (C=O) groups excluding carboxylic acids is 2. The molecule has 0 spiro atoms. The molecule has 0 radical (unpaired) electrons. The lowest BCUT2D eigenvalue weighted by molar-refractivity contribution is -0.118. The van der Waals surface area contributed by atoms with Crippen molar-refractivity contribution in [3.8, 4) is 0 Å². The molecular formula is C26H38N6O10S4. The molecular weight excluding hydrogens is 685 g/mol. The van der Waals surface area contributed by atoms with Gasteiger partial charge in [-0.25, -0.2) is 9.59 Å². The molecule has 2 amide bonds. The lowest BCUT2D eigenvalue weighted by Crippen LogP contribution is -2.40. The quantitative estimate of drug-likeness (QED) is 0.0864. The zero-order chi connectivity index (χ0) is 34.8. The Bertz CT molecular complexity index is 1660. The van der Waals surface area contributed by atoms with Crippen molar-refractivity contribution >= 4 is 69.1 Å². The lowest BCUT2D eigenvalue weighted by Gasteiger charge is -2.14. The van der Waals surface area contributed by atoms with E-state index < -0.39 is 68.0 Å². The van der Waals surface area contributed by atoms with Crippen molar-refractivity contribution in [2.24, 2.45) is 0 Å². The highest BCUT2D eigenvalue weighted by atomic mass is 32.2. The van der Waals surface area contributed by atoms with E-state index in [9.17, 15) is 47.4 Å². The van der Waals surface area contributed by atoms with Crippen LogP contribution in [0.3, 0.4) is 0 Å². The van der Waals surface area contributed by atoms with E-state index >= 15 is 0 Å². The Morgan fingerprint density at radius 2 is 1.26 bits per heavy atom. The molecule has 20 heteroatoms. The molecule has 8 N–H and O–H groups in total. The fourth-order valence-electron chi connectivity index (χ4n) is 3.43. The van der Waals surface area contributed by atoms with E-state index in [1.807, 2.05) is 6.26 Å². The van der Waals surface area contributed by atoms with Gasteiger partial charge in [-0.3, -0.25) is 37.6 Å². The molecule has 0 saturated carbocycles. The van der Waals surface area contributed by atoms with Gasteiger partial charge in [0.05, 0.1) is 46.6 Å². The highest BCUT2D eigenvalue weighted by Crippen LogP contribution is 2.05. The summed E-state index contributed by atoms with van der Waals surface area (Å²) in [6, 6.07) is -1.11. The number of H-pyrrole nitrogens is 4. The smallest absolute Gasteiger partial charge is 0.325 e. The number of carbonyl (C=O) groups is 2. The van der Waals surface area contributed by atoms with E-state index in [0.717, 1.165) is 12.2 Å². The second kappa shape index (κ2) is 21.5. The van der Waals surface area contributed by atoms with Crippen molar-refractivity contribution in [2.75, 3.05) is 47.4 Å². The van der Waals surface area contributed by atoms with Crippen molar-refractivity contribution < 1.29 is 28.2 Å². The van der Waals surface area contributed by atoms with Crippen LogP contribution < -0.4 is 33.1 Å². The molecule has 46 heavy (non-hydrogen) atoms. The first kappa shape index (κ1) is 40.7.